The fourth-order valence-electron chi connectivity index (χ4n) is 4.30. The maximum Gasteiger partial charge on any atom is 0.573 e. The van der Waals surface area contributed by atoms with Gasteiger partial charge in [-0.1, -0.05) is 31.4 Å². The average molecular weight is 401 g/mol. The van der Waals surface area contributed by atoms with Crippen LogP contribution in [0.1, 0.15) is 56.4 Å². The van der Waals surface area contributed by atoms with Crippen molar-refractivity contribution in [3.8, 4) is 5.75 Å². The van der Waals surface area contributed by atoms with Gasteiger partial charge >= 0.3 is 6.36 Å². The van der Waals surface area contributed by atoms with Gasteiger partial charge in [-0.15, -0.1) is 13.2 Å². The molecule has 0 bridgehead atoms. The van der Waals surface area contributed by atoms with Crippen LogP contribution in [0.4, 0.5) is 13.2 Å². The van der Waals surface area contributed by atoms with Crippen LogP contribution < -0.4 is 4.74 Å². The highest BCUT2D eigenvalue weighted by Crippen LogP contribution is 2.42. The molecule has 2 aliphatic rings. The highest BCUT2D eigenvalue weighted by Gasteiger charge is 2.45. The van der Waals surface area contributed by atoms with Gasteiger partial charge in [-0.25, -0.2) is 0 Å². The Hall–Kier alpha value is -1.80. The Labute approximate surface area is 162 Å². The minimum absolute atomic E-state index is 0.305. The third kappa shape index (κ3) is 4.97. The summed E-state index contributed by atoms with van der Waals surface area (Å²) >= 11 is 0. The van der Waals surface area contributed by atoms with Gasteiger partial charge in [0.15, 0.2) is 0 Å². The van der Waals surface area contributed by atoms with Crippen LogP contribution in [0.2, 0.25) is 0 Å². The molecule has 1 aromatic rings. The van der Waals surface area contributed by atoms with E-state index in [2.05, 4.69) is 4.74 Å². The summed E-state index contributed by atoms with van der Waals surface area (Å²) in [4.78, 5) is 14.9. The summed E-state index contributed by atoms with van der Waals surface area (Å²) in [5, 5.41) is 21.0. The monoisotopic (exact) mass is 401 g/mol. The molecule has 0 aromatic heterocycles. The van der Waals surface area contributed by atoms with Gasteiger partial charge < -0.3 is 19.8 Å². The second-order valence-electron chi connectivity index (χ2n) is 7.77. The Morgan fingerprint density at radius 3 is 2.43 bits per heavy atom. The largest absolute Gasteiger partial charge is 0.573 e. The summed E-state index contributed by atoms with van der Waals surface area (Å²) in [5.74, 6) is -1.67. The fraction of sp³-hybridized carbons (Fsp3) is 0.650. The van der Waals surface area contributed by atoms with Crippen molar-refractivity contribution in [3.05, 3.63) is 29.8 Å². The summed E-state index contributed by atoms with van der Waals surface area (Å²) in [7, 11) is 0. The van der Waals surface area contributed by atoms with Crippen LogP contribution >= 0.6 is 0 Å². The first-order valence-corrected chi connectivity index (χ1v) is 9.73. The molecular formula is C20H26F3NO4. The number of piperidine rings is 1. The Morgan fingerprint density at radius 2 is 1.82 bits per heavy atom. The van der Waals surface area contributed by atoms with Crippen molar-refractivity contribution in [2.45, 2.75) is 68.9 Å². The maximum atomic E-state index is 13.3. The molecule has 0 spiro atoms. The van der Waals surface area contributed by atoms with Crippen molar-refractivity contribution >= 4 is 5.91 Å². The predicted molar refractivity (Wildman–Crippen MR) is 95.7 cm³/mol. The third-order valence-electron chi connectivity index (χ3n) is 5.70. The lowest BCUT2D eigenvalue weighted by atomic mass is 9.72. The van der Waals surface area contributed by atoms with Crippen molar-refractivity contribution in [3.63, 3.8) is 0 Å². The minimum atomic E-state index is -4.83. The van der Waals surface area contributed by atoms with E-state index in [4.69, 9.17) is 0 Å². The van der Waals surface area contributed by atoms with Crippen LogP contribution in [0.3, 0.4) is 0 Å². The lowest BCUT2D eigenvalue weighted by Crippen LogP contribution is -2.50. The molecule has 5 nitrogen and oxygen atoms in total. The smallest absolute Gasteiger partial charge is 0.406 e. The molecule has 1 aliphatic carbocycles. The molecule has 1 heterocycles. The van der Waals surface area contributed by atoms with Gasteiger partial charge in [0.1, 0.15) is 5.75 Å². The number of aliphatic hydroxyl groups is 2. The molecule has 1 atom stereocenters. The van der Waals surface area contributed by atoms with Crippen LogP contribution in [0.25, 0.3) is 0 Å². The highest BCUT2D eigenvalue weighted by molar-refractivity contribution is 5.85. The Kier molecular flexibility index (Phi) is 6.19. The molecule has 1 saturated heterocycles. The number of carbonyl (C=O) groups is 1. The molecule has 2 fully saturated rings. The summed E-state index contributed by atoms with van der Waals surface area (Å²) in [6.07, 6.45) is -1.06. The normalized spacial score (nSPS) is 22.0. The number of ether oxygens (including phenoxy) is 1. The van der Waals surface area contributed by atoms with Crippen molar-refractivity contribution < 1.29 is 32.9 Å². The van der Waals surface area contributed by atoms with Crippen molar-refractivity contribution in [2.24, 2.45) is 0 Å². The van der Waals surface area contributed by atoms with Gasteiger partial charge in [-0.05, 0) is 43.4 Å². The van der Waals surface area contributed by atoms with E-state index in [0.29, 0.717) is 44.3 Å². The van der Waals surface area contributed by atoms with E-state index < -0.39 is 29.7 Å². The summed E-state index contributed by atoms with van der Waals surface area (Å²) < 4.78 is 41.9. The van der Waals surface area contributed by atoms with E-state index in [0.717, 1.165) is 19.3 Å². The second kappa shape index (κ2) is 8.29. The molecule has 1 saturated carbocycles. The zero-order valence-corrected chi connectivity index (χ0v) is 15.6. The fourth-order valence-corrected chi connectivity index (χ4v) is 4.30. The molecule has 2 N–H and O–H groups in total. The molecule has 1 amide bonds. The van der Waals surface area contributed by atoms with Crippen LogP contribution in [0, 0.1) is 0 Å². The first-order valence-electron chi connectivity index (χ1n) is 9.73. The standard InChI is InChI=1S/C20H26F3NO4/c21-20(22,23)28-16-6-4-5-14(13-16)17(19(27)9-2-1-3-10-19)18(26)24-11-7-15(25)8-12-24/h4-6,13,15,17,25,27H,1-3,7-12H2. The average Bonchev–Trinajstić information content (AvgIpc) is 2.61. The zero-order valence-electron chi connectivity index (χ0n) is 15.6. The first kappa shape index (κ1) is 20.9. The molecule has 1 aliphatic heterocycles. The van der Waals surface area contributed by atoms with Gasteiger partial charge in [0.2, 0.25) is 5.91 Å². The van der Waals surface area contributed by atoms with E-state index in [1.54, 1.807) is 11.0 Å². The number of likely N-dealkylation sites (tertiary alicyclic amines) is 1. The number of hydrogen-bond acceptors (Lipinski definition) is 4. The molecule has 1 aromatic carbocycles. The zero-order chi connectivity index (χ0) is 20.4. The number of aliphatic hydroxyl groups excluding tert-OH is 1. The van der Waals surface area contributed by atoms with Crippen LogP contribution in [0.15, 0.2) is 24.3 Å². The number of hydrogen-bond donors (Lipinski definition) is 2. The van der Waals surface area contributed by atoms with Gasteiger partial charge in [-0.3, -0.25) is 4.79 Å². The van der Waals surface area contributed by atoms with Gasteiger partial charge in [0.25, 0.3) is 0 Å². The van der Waals surface area contributed by atoms with Crippen molar-refractivity contribution in [2.75, 3.05) is 13.1 Å². The maximum absolute atomic E-state index is 13.3. The quantitative estimate of drug-likeness (QED) is 0.812. The van der Waals surface area contributed by atoms with E-state index in [9.17, 15) is 28.2 Å². The number of alkyl halides is 3. The van der Waals surface area contributed by atoms with Gasteiger partial charge in [0.05, 0.1) is 17.6 Å². The third-order valence-corrected chi connectivity index (χ3v) is 5.70. The summed E-state index contributed by atoms with van der Waals surface area (Å²) in [6, 6.07) is 5.35. The molecular weight excluding hydrogens is 375 g/mol. The van der Waals surface area contributed by atoms with Crippen LogP contribution in [-0.2, 0) is 4.79 Å². The molecule has 8 heteroatoms. The lowest BCUT2D eigenvalue weighted by molar-refractivity contribution is -0.274. The van der Waals surface area contributed by atoms with E-state index >= 15 is 0 Å². The van der Waals surface area contributed by atoms with E-state index in [1.807, 2.05) is 0 Å². The number of nitrogens with zero attached hydrogens (tertiary/aromatic N) is 1. The molecule has 3 rings (SSSR count). The minimum Gasteiger partial charge on any atom is -0.406 e. The Morgan fingerprint density at radius 1 is 1.18 bits per heavy atom. The molecule has 28 heavy (non-hydrogen) atoms. The van der Waals surface area contributed by atoms with Gasteiger partial charge in [0, 0.05) is 13.1 Å². The lowest BCUT2D eigenvalue weighted by Gasteiger charge is -2.42. The molecule has 156 valence electrons. The Bertz CT molecular complexity index is 680. The number of rotatable bonds is 4. The molecule has 1 unspecified atom stereocenters. The molecule has 0 radical (unpaired) electrons. The number of halogens is 3. The second-order valence-corrected chi connectivity index (χ2v) is 7.77. The van der Waals surface area contributed by atoms with Crippen molar-refractivity contribution in [1.29, 1.82) is 0 Å². The SMILES string of the molecule is O=C(C(c1cccc(OC(F)(F)F)c1)C1(O)CCCCC1)N1CCC(O)CC1. The first-order chi connectivity index (χ1) is 13.2. The predicted octanol–water partition coefficient (Wildman–Crippen LogP) is 3.35. The van der Waals surface area contributed by atoms with E-state index in [-0.39, 0.29) is 5.91 Å². The number of benzene rings is 1. The summed E-state index contributed by atoms with van der Waals surface area (Å²) in [5.41, 5.74) is -0.982. The number of amides is 1. The number of carbonyl (C=O) groups excluding carboxylic acids is 1. The highest BCUT2D eigenvalue weighted by atomic mass is 19.4. The summed E-state index contributed by atoms with van der Waals surface area (Å²) in [6.45, 7) is 0.733. The van der Waals surface area contributed by atoms with Gasteiger partial charge in [-0.2, -0.15) is 0 Å². The van der Waals surface area contributed by atoms with Crippen LogP contribution in [0.5, 0.6) is 5.75 Å². The van der Waals surface area contributed by atoms with E-state index in [1.165, 1.54) is 18.2 Å². The van der Waals surface area contributed by atoms with Crippen molar-refractivity contribution in [1.82, 2.24) is 4.90 Å². The van der Waals surface area contributed by atoms with Crippen LogP contribution in [-0.4, -0.2) is 52.2 Å². The Balaban J connectivity index is 1.92. The topological polar surface area (TPSA) is 70.0 Å².